The van der Waals surface area contributed by atoms with Gasteiger partial charge in [-0.3, -0.25) is 0 Å². The van der Waals surface area contributed by atoms with E-state index in [0.29, 0.717) is 0 Å². The molecular weight excluding hydrogens is 404 g/mol. The number of nitrogens with zero attached hydrogens (tertiary/aromatic N) is 2. The predicted molar refractivity (Wildman–Crippen MR) is 143 cm³/mol. The zero-order valence-corrected chi connectivity index (χ0v) is 24.3. The SMILES string of the molecule is C[N+](C)=C(C1=C([Si](C)(C)C)N2C(C(C)(C)C)=C(C(C)(C)C)C12C(C)(C)C)c1ccccc1. The van der Waals surface area contributed by atoms with E-state index >= 15 is 0 Å². The van der Waals surface area contributed by atoms with Crippen molar-refractivity contribution in [3.63, 3.8) is 0 Å². The Kier molecular flexibility index (Phi) is 5.62. The first-order valence-electron chi connectivity index (χ1n) is 12.2. The predicted octanol–water partition coefficient (Wildman–Crippen LogP) is 7.34. The summed E-state index contributed by atoms with van der Waals surface area (Å²) < 4.78 is 2.37. The van der Waals surface area contributed by atoms with Gasteiger partial charge < -0.3 is 4.90 Å². The molecule has 0 N–H and O–H groups in total. The van der Waals surface area contributed by atoms with Crippen molar-refractivity contribution < 1.29 is 4.58 Å². The average molecular weight is 452 g/mol. The Hall–Kier alpha value is -1.61. The van der Waals surface area contributed by atoms with Gasteiger partial charge in [0.15, 0.2) is 0 Å². The first-order valence-corrected chi connectivity index (χ1v) is 15.7. The molecule has 2 aliphatic heterocycles. The molecule has 2 heterocycles. The molecule has 2 nitrogen and oxygen atoms in total. The van der Waals surface area contributed by atoms with E-state index in [1.54, 1.807) is 22.2 Å². The van der Waals surface area contributed by atoms with Crippen molar-refractivity contribution >= 4 is 13.8 Å². The highest BCUT2D eigenvalue weighted by molar-refractivity contribution is 6.84. The highest BCUT2D eigenvalue weighted by Crippen LogP contribution is 2.71. The van der Waals surface area contributed by atoms with Crippen LogP contribution in [0.3, 0.4) is 0 Å². The minimum atomic E-state index is -1.64. The van der Waals surface area contributed by atoms with Crippen LogP contribution in [0, 0.1) is 16.2 Å². The summed E-state index contributed by atoms with van der Waals surface area (Å²) in [7, 11) is 2.80. The van der Waals surface area contributed by atoms with Gasteiger partial charge in [0.25, 0.3) is 0 Å². The molecule has 1 aromatic carbocycles. The Morgan fingerprint density at radius 2 is 1.31 bits per heavy atom. The number of hydrogen-bond acceptors (Lipinski definition) is 1. The Morgan fingerprint density at radius 1 is 0.812 bits per heavy atom. The molecule has 1 unspecified atom stereocenters. The van der Waals surface area contributed by atoms with Crippen molar-refractivity contribution in [2.45, 2.75) is 87.5 Å². The average Bonchev–Trinajstić information content (AvgIpc) is 2.53. The van der Waals surface area contributed by atoms with Gasteiger partial charge in [-0.15, -0.1) is 0 Å². The van der Waals surface area contributed by atoms with Gasteiger partial charge in [-0.25, -0.2) is 4.58 Å². The van der Waals surface area contributed by atoms with Crippen LogP contribution in [-0.4, -0.2) is 42.9 Å². The summed E-state index contributed by atoms with van der Waals surface area (Å²) in [6, 6.07) is 11.0. The van der Waals surface area contributed by atoms with Gasteiger partial charge >= 0.3 is 0 Å². The van der Waals surface area contributed by atoms with E-state index in [9.17, 15) is 0 Å². The molecule has 32 heavy (non-hydrogen) atoms. The fraction of sp³-hybridized carbons (Fsp3) is 0.621. The number of benzene rings is 1. The van der Waals surface area contributed by atoms with E-state index in [2.05, 4.69) is 136 Å². The Morgan fingerprint density at radius 3 is 1.66 bits per heavy atom. The molecule has 1 atom stereocenters. The molecule has 2 aliphatic rings. The van der Waals surface area contributed by atoms with Crippen molar-refractivity contribution in [3.8, 4) is 0 Å². The molecule has 0 spiro atoms. The van der Waals surface area contributed by atoms with Crippen LogP contribution in [0.4, 0.5) is 0 Å². The Balaban J connectivity index is 2.51. The van der Waals surface area contributed by atoms with Crippen LogP contribution in [0.1, 0.15) is 67.9 Å². The zero-order valence-electron chi connectivity index (χ0n) is 23.3. The maximum Gasteiger partial charge on any atom is 0.214 e. The van der Waals surface area contributed by atoms with Gasteiger partial charge in [-0.1, -0.05) is 100 Å². The molecule has 0 fully saturated rings. The normalized spacial score (nSPS) is 21.9. The van der Waals surface area contributed by atoms with Crippen LogP contribution < -0.4 is 0 Å². The lowest BCUT2D eigenvalue weighted by Crippen LogP contribution is -2.79. The van der Waals surface area contributed by atoms with E-state index < -0.39 is 8.07 Å². The fourth-order valence-corrected chi connectivity index (χ4v) is 8.17. The van der Waals surface area contributed by atoms with Crippen molar-refractivity contribution in [2.75, 3.05) is 14.1 Å². The van der Waals surface area contributed by atoms with Gasteiger partial charge in [0.05, 0.1) is 13.6 Å². The largest absolute Gasteiger partial charge is 0.337 e. The van der Waals surface area contributed by atoms with Gasteiger partial charge in [0.2, 0.25) is 5.71 Å². The monoisotopic (exact) mass is 451 g/mol. The topological polar surface area (TPSA) is 6.25 Å². The van der Waals surface area contributed by atoms with Gasteiger partial charge in [-0.2, -0.15) is 0 Å². The second kappa shape index (κ2) is 7.19. The van der Waals surface area contributed by atoms with Crippen LogP contribution in [0.25, 0.3) is 0 Å². The highest BCUT2D eigenvalue weighted by Gasteiger charge is 2.74. The second-order valence-electron chi connectivity index (χ2n) is 14.1. The summed E-state index contributed by atoms with van der Waals surface area (Å²) in [5, 5.41) is 1.62. The standard InChI is InChI=1S/C29H47N2Si/c1-26(2,3)23-24(27(4,5)6)31-25(32(12,13)14)21(29(23,31)28(7,8)9)22(30(10)11)20-18-16-15-17-19-20/h15-19H,1-14H3/q+1. The van der Waals surface area contributed by atoms with Gasteiger partial charge in [0.1, 0.15) is 19.6 Å². The molecule has 0 aromatic heterocycles. The maximum absolute atomic E-state index is 2.82. The lowest BCUT2D eigenvalue weighted by atomic mass is 9.48. The molecule has 3 rings (SSSR count). The number of hydrogen-bond donors (Lipinski definition) is 0. The van der Waals surface area contributed by atoms with E-state index in [1.807, 2.05) is 0 Å². The Bertz CT molecular complexity index is 1010. The smallest absolute Gasteiger partial charge is 0.214 e. The van der Waals surface area contributed by atoms with Crippen LogP contribution in [0.5, 0.6) is 0 Å². The van der Waals surface area contributed by atoms with E-state index in [1.165, 1.54) is 11.3 Å². The number of fused-ring (bicyclic) bond motifs is 1. The van der Waals surface area contributed by atoms with Gasteiger partial charge in [0, 0.05) is 22.0 Å². The molecule has 1 aromatic rings. The molecule has 0 saturated carbocycles. The third kappa shape index (κ3) is 3.38. The first kappa shape index (κ1) is 25.0. The van der Waals surface area contributed by atoms with Gasteiger partial charge in [-0.05, 0) is 28.5 Å². The van der Waals surface area contributed by atoms with Crippen LogP contribution >= 0.6 is 0 Å². The molecule has 0 bridgehead atoms. The minimum absolute atomic E-state index is 0.0683. The molecule has 0 saturated heterocycles. The first-order chi connectivity index (χ1) is 14.3. The quantitative estimate of drug-likeness (QED) is 0.265. The number of allylic oxidation sites excluding steroid dienone is 1. The van der Waals surface area contributed by atoms with Crippen LogP contribution in [0.15, 0.2) is 52.5 Å². The third-order valence-electron chi connectivity index (χ3n) is 6.97. The van der Waals surface area contributed by atoms with E-state index in [4.69, 9.17) is 0 Å². The second-order valence-corrected chi connectivity index (χ2v) is 19.1. The van der Waals surface area contributed by atoms with Crippen LogP contribution in [-0.2, 0) is 0 Å². The summed E-state index contributed by atoms with van der Waals surface area (Å²) in [4.78, 5) is 2.82. The summed E-state index contributed by atoms with van der Waals surface area (Å²) in [5.41, 5.74) is 7.70. The summed E-state index contributed by atoms with van der Waals surface area (Å²) in [6.45, 7) is 29.3. The van der Waals surface area contributed by atoms with E-state index in [0.717, 1.165) is 0 Å². The van der Waals surface area contributed by atoms with Crippen molar-refractivity contribution in [1.29, 1.82) is 0 Å². The lowest BCUT2D eigenvalue weighted by molar-refractivity contribution is -0.464. The molecule has 0 radical (unpaired) electrons. The van der Waals surface area contributed by atoms with Crippen LogP contribution in [0.2, 0.25) is 19.6 Å². The van der Waals surface area contributed by atoms with Crippen molar-refractivity contribution in [3.05, 3.63) is 58.1 Å². The molecule has 0 amide bonds. The summed E-state index contributed by atoms with van der Waals surface area (Å²) in [6.07, 6.45) is 0. The summed E-state index contributed by atoms with van der Waals surface area (Å²) >= 11 is 0. The third-order valence-corrected chi connectivity index (χ3v) is 8.86. The fourth-order valence-electron chi connectivity index (χ4n) is 6.17. The number of rotatable bonds is 3. The highest BCUT2D eigenvalue weighted by atomic mass is 28.3. The lowest BCUT2D eigenvalue weighted by Gasteiger charge is -2.75. The Labute approximate surface area is 199 Å². The molecular formula is C29H47N2Si+. The molecule has 176 valence electrons. The van der Waals surface area contributed by atoms with E-state index in [-0.39, 0.29) is 21.8 Å². The van der Waals surface area contributed by atoms with Crippen molar-refractivity contribution in [2.24, 2.45) is 16.2 Å². The molecule has 3 heteroatoms. The minimum Gasteiger partial charge on any atom is -0.337 e. The summed E-state index contributed by atoms with van der Waals surface area (Å²) in [5.74, 6) is 0. The molecule has 0 aliphatic carbocycles. The maximum atomic E-state index is 2.82. The zero-order chi connectivity index (χ0) is 24.7. The van der Waals surface area contributed by atoms with Crippen molar-refractivity contribution in [1.82, 2.24) is 4.90 Å².